The second-order valence-corrected chi connectivity index (χ2v) is 10.3. The summed E-state index contributed by atoms with van der Waals surface area (Å²) in [6.07, 6.45) is 0. The number of aliphatic hydroxyl groups excluding tert-OH is 1. The number of non-ortho nitro benzene ring substituents is 1. The van der Waals surface area contributed by atoms with Crippen molar-refractivity contribution in [2.45, 2.75) is 16.4 Å². The van der Waals surface area contributed by atoms with Crippen LogP contribution in [0.15, 0.2) is 76.5 Å². The van der Waals surface area contributed by atoms with Crippen LogP contribution in [0.2, 0.25) is 0 Å². The first-order valence-corrected chi connectivity index (χ1v) is 12.9. The number of hydrogen-bond donors (Lipinski definition) is 3. The third-order valence-corrected chi connectivity index (χ3v) is 6.86. The van der Waals surface area contributed by atoms with Crippen molar-refractivity contribution >= 4 is 25.8 Å². The molecule has 186 valence electrons. The normalized spacial score (nSPS) is 12.0. The summed E-state index contributed by atoms with van der Waals surface area (Å²) in [5, 5.41) is 34.8. The van der Waals surface area contributed by atoms with Gasteiger partial charge in [-0.1, -0.05) is 12.1 Å². The summed E-state index contributed by atoms with van der Waals surface area (Å²) >= 11 is 0. The van der Waals surface area contributed by atoms with Gasteiger partial charge in [-0.25, -0.2) is 13.6 Å². The number of tetrazole rings is 1. The van der Waals surface area contributed by atoms with E-state index in [2.05, 4.69) is 10.2 Å². The number of nitrogens with two attached hydrogens (primary N) is 1. The van der Waals surface area contributed by atoms with Crippen LogP contribution in [0.3, 0.4) is 0 Å². The van der Waals surface area contributed by atoms with Crippen LogP contribution < -0.4 is 9.94 Å². The first-order valence-electron chi connectivity index (χ1n) is 9.88. The Balaban J connectivity index is 2.00. The number of aromatic nitrogens is 4. The standard InChI is InChI=1S/C20H16N6O8S2/c21-35(30,31)16-8-5-14(6-9-16)24-22-20(17-3-1-2-4-19(17)36(32,33)34)23-25(24)18-10-7-15(26(28)29)11-13(18)12-27/h1-11,27H,12H2,(H2-,21,30,31,32,33,34)/p+1. The zero-order valence-electron chi connectivity index (χ0n) is 18.0. The molecule has 4 aromatic rings. The smallest absolute Gasteiger partial charge is 0.341 e. The molecule has 0 spiro atoms. The van der Waals surface area contributed by atoms with Gasteiger partial charge in [-0.15, -0.1) is 0 Å². The van der Waals surface area contributed by atoms with Crippen LogP contribution in [0.1, 0.15) is 5.56 Å². The Hall–Kier alpha value is -4.09. The van der Waals surface area contributed by atoms with E-state index in [0.717, 1.165) is 21.7 Å². The number of primary sulfonamides is 1. The van der Waals surface area contributed by atoms with E-state index in [9.17, 15) is 36.6 Å². The number of benzene rings is 3. The Kier molecular flexibility index (Phi) is 6.37. The number of nitrogens with zero attached hydrogens (tertiary/aromatic N) is 5. The quantitative estimate of drug-likeness (QED) is 0.129. The number of hydrogen-bond acceptors (Lipinski definition) is 9. The van der Waals surface area contributed by atoms with Crippen LogP contribution in [0.25, 0.3) is 22.8 Å². The fourth-order valence-electron chi connectivity index (χ4n) is 3.37. The minimum atomic E-state index is -4.66. The van der Waals surface area contributed by atoms with Gasteiger partial charge in [0.05, 0.1) is 27.1 Å². The molecule has 14 nitrogen and oxygen atoms in total. The lowest BCUT2D eigenvalue weighted by Crippen LogP contribution is -2.44. The first-order chi connectivity index (χ1) is 16.9. The van der Waals surface area contributed by atoms with E-state index in [0.29, 0.717) is 0 Å². The lowest BCUT2D eigenvalue weighted by atomic mass is 10.1. The van der Waals surface area contributed by atoms with Crippen LogP contribution in [0, 0.1) is 10.1 Å². The van der Waals surface area contributed by atoms with Crippen molar-refractivity contribution in [3.8, 4) is 22.8 Å². The molecule has 0 aliphatic carbocycles. The average molecular weight is 534 g/mol. The van der Waals surface area contributed by atoms with E-state index in [4.69, 9.17) is 5.14 Å². The van der Waals surface area contributed by atoms with Crippen LogP contribution in [-0.4, -0.2) is 46.4 Å². The summed E-state index contributed by atoms with van der Waals surface area (Å²) in [4.78, 5) is 12.2. The van der Waals surface area contributed by atoms with Crippen LogP contribution in [0.5, 0.6) is 0 Å². The molecule has 0 aliphatic rings. The summed E-state index contributed by atoms with van der Waals surface area (Å²) in [5.74, 6) is -0.166. The van der Waals surface area contributed by atoms with E-state index < -0.39 is 36.6 Å². The van der Waals surface area contributed by atoms with Gasteiger partial charge in [0, 0.05) is 22.5 Å². The Bertz CT molecular complexity index is 1700. The third-order valence-electron chi connectivity index (χ3n) is 5.02. The highest BCUT2D eigenvalue weighted by Crippen LogP contribution is 2.25. The van der Waals surface area contributed by atoms with Crippen molar-refractivity contribution in [2.24, 2.45) is 5.14 Å². The molecule has 1 heterocycles. The Morgan fingerprint density at radius 3 is 2.28 bits per heavy atom. The van der Waals surface area contributed by atoms with Gasteiger partial charge in [0.2, 0.25) is 10.0 Å². The van der Waals surface area contributed by atoms with Crippen molar-refractivity contribution in [3.05, 3.63) is 82.4 Å². The molecular formula is C20H17N6O8S2+. The second-order valence-electron chi connectivity index (χ2n) is 7.34. The SMILES string of the molecule is NS(=O)(=O)c1ccc(-n2nc(-c3ccccc3S(=O)(=O)O)n[n+]2-c2ccc([N+](=O)[O-])cc2CO)cc1. The number of nitro benzene ring substituents is 1. The molecule has 0 amide bonds. The predicted octanol–water partition coefficient (Wildman–Crippen LogP) is 0.506. The fraction of sp³-hybridized carbons (Fsp3) is 0.0500. The van der Waals surface area contributed by atoms with Gasteiger partial charge in [-0.3, -0.25) is 14.7 Å². The van der Waals surface area contributed by atoms with Gasteiger partial charge in [0.25, 0.3) is 15.8 Å². The zero-order chi connectivity index (χ0) is 26.3. The molecular weight excluding hydrogens is 516 g/mol. The molecule has 4 rings (SSSR count). The van der Waals surface area contributed by atoms with E-state index in [1.807, 2.05) is 0 Å². The summed E-state index contributed by atoms with van der Waals surface area (Å²) in [7, 11) is -8.65. The molecule has 0 atom stereocenters. The minimum absolute atomic E-state index is 0.0545. The third kappa shape index (κ3) is 4.83. The van der Waals surface area contributed by atoms with Gasteiger partial charge >= 0.3 is 5.82 Å². The highest BCUT2D eigenvalue weighted by molar-refractivity contribution is 7.89. The Labute approximate surface area is 203 Å². The van der Waals surface area contributed by atoms with Gasteiger partial charge in [0.1, 0.15) is 10.6 Å². The summed E-state index contributed by atoms with van der Waals surface area (Å²) in [6, 6.07) is 14.2. The second kappa shape index (κ2) is 9.17. The number of nitro groups is 1. The van der Waals surface area contributed by atoms with E-state index in [-0.39, 0.29) is 38.9 Å². The van der Waals surface area contributed by atoms with Gasteiger partial charge < -0.3 is 5.11 Å². The fourth-order valence-corrected chi connectivity index (χ4v) is 4.57. The van der Waals surface area contributed by atoms with Crippen molar-refractivity contribution in [1.82, 2.24) is 15.0 Å². The summed E-state index contributed by atoms with van der Waals surface area (Å²) < 4.78 is 56.7. The van der Waals surface area contributed by atoms with Gasteiger partial charge in [0.15, 0.2) is 5.69 Å². The van der Waals surface area contributed by atoms with E-state index in [1.165, 1.54) is 54.6 Å². The molecule has 3 aromatic carbocycles. The monoisotopic (exact) mass is 533 g/mol. The highest BCUT2D eigenvalue weighted by atomic mass is 32.2. The molecule has 1 aromatic heterocycles. The molecule has 0 unspecified atom stereocenters. The van der Waals surface area contributed by atoms with Crippen LogP contribution >= 0.6 is 0 Å². The van der Waals surface area contributed by atoms with Crippen LogP contribution in [0.4, 0.5) is 5.69 Å². The number of aliphatic hydroxyl groups is 1. The molecule has 0 bridgehead atoms. The maximum atomic E-state index is 11.9. The van der Waals surface area contributed by atoms with Crippen molar-refractivity contribution in [1.29, 1.82) is 0 Å². The minimum Gasteiger partial charge on any atom is -0.392 e. The van der Waals surface area contributed by atoms with E-state index >= 15 is 0 Å². The number of sulfonamides is 1. The van der Waals surface area contributed by atoms with Gasteiger partial charge in [-0.2, -0.15) is 8.42 Å². The molecule has 36 heavy (non-hydrogen) atoms. The molecule has 0 radical (unpaired) electrons. The van der Waals surface area contributed by atoms with Crippen molar-refractivity contribution in [2.75, 3.05) is 0 Å². The maximum absolute atomic E-state index is 11.9. The zero-order valence-corrected chi connectivity index (χ0v) is 19.7. The molecule has 0 saturated carbocycles. The first kappa shape index (κ1) is 25.0. The molecule has 0 saturated heterocycles. The molecule has 16 heteroatoms. The predicted molar refractivity (Wildman–Crippen MR) is 122 cm³/mol. The molecule has 4 N–H and O–H groups in total. The molecule has 0 fully saturated rings. The Morgan fingerprint density at radius 2 is 1.69 bits per heavy atom. The van der Waals surface area contributed by atoms with Crippen molar-refractivity contribution < 1.29 is 36.2 Å². The Morgan fingerprint density at radius 1 is 1.03 bits per heavy atom. The average Bonchev–Trinajstić information content (AvgIpc) is 3.27. The molecule has 0 aliphatic heterocycles. The highest BCUT2D eigenvalue weighted by Gasteiger charge is 2.30. The van der Waals surface area contributed by atoms with E-state index in [1.54, 1.807) is 0 Å². The summed E-state index contributed by atoms with van der Waals surface area (Å²) in [6.45, 7) is -0.613. The lowest BCUT2D eigenvalue weighted by molar-refractivity contribution is -0.735. The largest absolute Gasteiger partial charge is 0.392 e. The van der Waals surface area contributed by atoms with Crippen molar-refractivity contribution in [3.63, 3.8) is 0 Å². The summed E-state index contributed by atoms with van der Waals surface area (Å²) in [5.41, 5.74) is 0.151. The lowest BCUT2D eigenvalue weighted by Gasteiger charge is -2.05. The number of rotatable bonds is 7. The topological polar surface area (TPSA) is 212 Å². The van der Waals surface area contributed by atoms with Crippen LogP contribution in [-0.2, 0) is 26.7 Å². The van der Waals surface area contributed by atoms with Gasteiger partial charge in [-0.05, 0) is 52.4 Å². The maximum Gasteiger partial charge on any atom is 0.341 e.